The fourth-order valence-corrected chi connectivity index (χ4v) is 10.8. The average molecular weight is 814 g/mol. The van der Waals surface area contributed by atoms with Crippen LogP contribution in [0.5, 0.6) is 11.5 Å². The van der Waals surface area contributed by atoms with Gasteiger partial charge in [0, 0.05) is 28.5 Å². The molecule has 1 spiro atoms. The van der Waals surface area contributed by atoms with Gasteiger partial charge in [-0.15, -0.1) is 0 Å². The van der Waals surface area contributed by atoms with Crippen LogP contribution in [-0.2, 0) is 5.41 Å². The molecular formula is C62H39NO. The second-order valence-corrected chi connectivity index (χ2v) is 16.9. The maximum absolute atomic E-state index is 6.53. The minimum atomic E-state index is -0.465. The highest BCUT2D eigenvalue weighted by Crippen LogP contribution is 2.62. The van der Waals surface area contributed by atoms with Crippen molar-refractivity contribution >= 4 is 21.5 Å². The second kappa shape index (κ2) is 14.4. The van der Waals surface area contributed by atoms with Crippen LogP contribution in [0.3, 0.4) is 0 Å². The van der Waals surface area contributed by atoms with E-state index in [0.29, 0.717) is 0 Å². The van der Waals surface area contributed by atoms with Gasteiger partial charge in [0.15, 0.2) is 0 Å². The quantitative estimate of drug-likeness (QED) is 0.162. The Morgan fingerprint density at radius 1 is 0.297 bits per heavy atom. The Labute approximate surface area is 372 Å². The highest BCUT2D eigenvalue weighted by Gasteiger charge is 2.50. The van der Waals surface area contributed by atoms with E-state index >= 15 is 0 Å². The molecule has 0 amide bonds. The van der Waals surface area contributed by atoms with E-state index < -0.39 is 5.41 Å². The SMILES string of the molecule is c1ccc(-c2ccc(-c3c4ccccc4c(-c4ccc(-c5ccc(-c6ccc7c(c6)-c6ccccc6C76c7ccccc7Oc7ccccc76)cc5)nc4)c4ccccc34)cc2)cc1. The van der Waals surface area contributed by atoms with Gasteiger partial charge in [-0.25, -0.2) is 0 Å². The molecule has 1 aliphatic carbocycles. The molecule has 2 aliphatic rings. The molecule has 0 radical (unpaired) electrons. The summed E-state index contributed by atoms with van der Waals surface area (Å²) in [5.41, 5.74) is 18.6. The monoisotopic (exact) mass is 813 g/mol. The van der Waals surface area contributed by atoms with Crippen molar-refractivity contribution in [1.82, 2.24) is 4.98 Å². The van der Waals surface area contributed by atoms with Gasteiger partial charge >= 0.3 is 0 Å². The summed E-state index contributed by atoms with van der Waals surface area (Å²) in [6.07, 6.45) is 2.05. The number of benzene rings is 10. The Balaban J connectivity index is 0.852. The predicted molar refractivity (Wildman–Crippen MR) is 264 cm³/mol. The molecule has 2 heteroatoms. The third kappa shape index (κ3) is 5.42. The molecule has 2 nitrogen and oxygen atoms in total. The molecule has 0 fully saturated rings. The van der Waals surface area contributed by atoms with Crippen molar-refractivity contribution in [3.8, 4) is 78.4 Å². The van der Waals surface area contributed by atoms with Crippen LogP contribution in [0.4, 0.5) is 0 Å². The minimum absolute atomic E-state index is 0.465. The molecule has 0 saturated heterocycles. The number of rotatable bonds is 5. The van der Waals surface area contributed by atoms with Gasteiger partial charge < -0.3 is 4.74 Å². The van der Waals surface area contributed by atoms with Crippen LogP contribution >= 0.6 is 0 Å². The predicted octanol–water partition coefficient (Wildman–Crippen LogP) is 16.2. The van der Waals surface area contributed by atoms with E-state index in [4.69, 9.17) is 9.72 Å². The maximum Gasteiger partial charge on any atom is 0.132 e. The Morgan fingerprint density at radius 3 is 1.34 bits per heavy atom. The van der Waals surface area contributed by atoms with Crippen molar-refractivity contribution in [2.24, 2.45) is 0 Å². The fourth-order valence-electron chi connectivity index (χ4n) is 10.8. The molecular weight excluding hydrogens is 775 g/mol. The van der Waals surface area contributed by atoms with Gasteiger partial charge in [0.1, 0.15) is 11.5 Å². The van der Waals surface area contributed by atoms with Crippen molar-refractivity contribution < 1.29 is 4.74 Å². The number of hydrogen-bond acceptors (Lipinski definition) is 2. The third-order valence-corrected chi connectivity index (χ3v) is 13.6. The van der Waals surface area contributed by atoms with Crippen LogP contribution in [-0.4, -0.2) is 4.98 Å². The molecule has 64 heavy (non-hydrogen) atoms. The molecule has 10 aromatic carbocycles. The number of hydrogen-bond donors (Lipinski definition) is 0. The van der Waals surface area contributed by atoms with E-state index in [1.165, 1.54) is 93.9 Å². The summed E-state index contributed by atoms with van der Waals surface area (Å²) in [5, 5.41) is 4.90. The first-order valence-corrected chi connectivity index (χ1v) is 22.0. The van der Waals surface area contributed by atoms with Crippen LogP contribution < -0.4 is 4.74 Å². The summed E-state index contributed by atoms with van der Waals surface area (Å²) >= 11 is 0. The van der Waals surface area contributed by atoms with Crippen molar-refractivity contribution in [1.29, 1.82) is 0 Å². The number of fused-ring (bicyclic) bond motifs is 11. The van der Waals surface area contributed by atoms with Crippen molar-refractivity contribution in [3.63, 3.8) is 0 Å². The molecule has 11 aromatic rings. The standard InChI is InChI=1S/C62H39NO/c1-2-14-40(15-3-1)41-28-32-44(33-29-41)60-48-17-4-6-19-50(48)61(51-20-7-5-18-49(51)60)46-35-37-57(63-39-46)43-30-26-42(27-31-43)45-34-36-54-52(38-45)47-16-8-9-21-53(47)62(54)55-22-10-12-24-58(55)64-59-25-13-11-23-56(59)62/h1-39H. The number of nitrogens with zero attached hydrogens (tertiary/aromatic N) is 1. The lowest BCUT2D eigenvalue weighted by Gasteiger charge is -2.39. The van der Waals surface area contributed by atoms with Crippen LogP contribution in [0.1, 0.15) is 22.3 Å². The Bertz CT molecular complexity index is 3500. The van der Waals surface area contributed by atoms with E-state index in [2.05, 4.69) is 231 Å². The Kier molecular flexibility index (Phi) is 8.16. The second-order valence-electron chi connectivity index (χ2n) is 16.9. The molecule has 0 N–H and O–H groups in total. The fraction of sp³-hybridized carbons (Fsp3) is 0.0161. The zero-order valence-corrected chi connectivity index (χ0v) is 34.9. The zero-order valence-electron chi connectivity index (χ0n) is 34.9. The molecule has 0 bridgehead atoms. The van der Waals surface area contributed by atoms with Crippen molar-refractivity contribution in [3.05, 3.63) is 259 Å². The summed E-state index contributed by atoms with van der Waals surface area (Å²) in [5.74, 6) is 1.82. The van der Waals surface area contributed by atoms with E-state index in [9.17, 15) is 0 Å². The first-order chi connectivity index (χ1) is 31.7. The van der Waals surface area contributed by atoms with E-state index in [1.54, 1.807) is 0 Å². The first-order valence-electron chi connectivity index (χ1n) is 22.0. The average Bonchev–Trinajstić information content (AvgIpc) is 3.66. The summed E-state index contributed by atoms with van der Waals surface area (Å²) in [6.45, 7) is 0. The lowest BCUT2D eigenvalue weighted by atomic mass is 9.66. The van der Waals surface area contributed by atoms with Gasteiger partial charge in [0.2, 0.25) is 0 Å². The van der Waals surface area contributed by atoms with Crippen LogP contribution in [0.2, 0.25) is 0 Å². The summed E-state index contributed by atoms with van der Waals surface area (Å²) in [7, 11) is 0. The van der Waals surface area contributed by atoms with E-state index in [0.717, 1.165) is 28.3 Å². The lowest BCUT2D eigenvalue weighted by molar-refractivity contribution is 0.436. The third-order valence-electron chi connectivity index (χ3n) is 13.6. The highest BCUT2D eigenvalue weighted by atomic mass is 16.5. The van der Waals surface area contributed by atoms with Crippen LogP contribution in [0.25, 0.3) is 88.4 Å². The molecule has 0 unspecified atom stereocenters. The van der Waals surface area contributed by atoms with E-state index in [1.807, 2.05) is 6.20 Å². The number of pyridine rings is 1. The molecule has 13 rings (SSSR count). The van der Waals surface area contributed by atoms with Gasteiger partial charge in [0.25, 0.3) is 0 Å². The van der Waals surface area contributed by atoms with Crippen molar-refractivity contribution in [2.75, 3.05) is 0 Å². The van der Waals surface area contributed by atoms with Gasteiger partial charge in [0.05, 0.1) is 11.1 Å². The van der Waals surface area contributed by atoms with Gasteiger partial charge in [-0.3, -0.25) is 4.98 Å². The molecule has 0 saturated carbocycles. The van der Waals surface area contributed by atoms with Crippen LogP contribution in [0.15, 0.2) is 237 Å². The summed E-state index contributed by atoms with van der Waals surface area (Å²) < 4.78 is 6.53. The molecule has 2 heterocycles. The lowest BCUT2D eigenvalue weighted by Crippen LogP contribution is -2.32. The topological polar surface area (TPSA) is 22.1 Å². The smallest absolute Gasteiger partial charge is 0.132 e. The van der Waals surface area contributed by atoms with Gasteiger partial charge in [-0.05, 0) is 107 Å². The zero-order chi connectivity index (χ0) is 42.2. The number of ether oxygens (including phenoxy) is 1. The molecule has 0 atom stereocenters. The summed E-state index contributed by atoms with van der Waals surface area (Å²) in [4.78, 5) is 5.11. The Morgan fingerprint density at radius 2 is 0.734 bits per heavy atom. The van der Waals surface area contributed by atoms with E-state index in [-0.39, 0.29) is 0 Å². The molecule has 1 aromatic heterocycles. The minimum Gasteiger partial charge on any atom is -0.457 e. The summed E-state index contributed by atoms with van der Waals surface area (Å²) in [6, 6.07) is 83.4. The maximum atomic E-state index is 6.53. The van der Waals surface area contributed by atoms with Crippen molar-refractivity contribution in [2.45, 2.75) is 5.41 Å². The number of aromatic nitrogens is 1. The van der Waals surface area contributed by atoms with Crippen LogP contribution in [0, 0.1) is 0 Å². The normalized spacial score (nSPS) is 12.9. The molecule has 1 aliphatic heterocycles. The Hall–Kier alpha value is -8.33. The molecule has 298 valence electrons. The number of para-hydroxylation sites is 2. The highest BCUT2D eigenvalue weighted by molar-refractivity contribution is 6.21. The largest absolute Gasteiger partial charge is 0.457 e. The van der Waals surface area contributed by atoms with Gasteiger partial charge in [-0.1, -0.05) is 206 Å². The van der Waals surface area contributed by atoms with Gasteiger partial charge in [-0.2, -0.15) is 0 Å². The first kappa shape index (κ1) is 36.3.